The van der Waals surface area contributed by atoms with Gasteiger partial charge in [-0.25, -0.2) is 0 Å². The van der Waals surface area contributed by atoms with Gasteiger partial charge in [-0.1, -0.05) is 51.0 Å². The van der Waals surface area contributed by atoms with Gasteiger partial charge in [0.25, 0.3) is 0 Å². The molecule has 0 spiro atoms. The van der Waals surface area contributed by atoms with Crippen molar-refractivity contribution in [2.45, 2.75) is 70.8 Å². The third kappa shape index (κ3) is 8.16. The lowest BCUT2D eigenvalue weighted by Gasteiger charge is -2.03. The Kier molecular flexibility index (Phi) is 9.32. The molecule has 0 fully saturated rings. The molecule has 102 valence electrons. The lowest BCUT2D eigenvalue weighted by Crippen LogP contribution is -1.93. The van der Waals surface area contributed by atoms with Gasteiger partial charge in [0.15, 0.2) is 0 Å². The normalized spacial score (nSPS) is 10.7. The average molecular weight is 247 g/mol. The second-order valence-electron chi connectivity index (χ2n) is 5.18. The molecule has 1 heterocycles. The highest BCUT2D eigenvalue weighted by Crippen LogP contribution is 2.11. The summed E-state index contributed by atoms with van der Waals surface area (Å²) in [6.45, 7) is 4.94. The Bertz CT molecular complexity index is 274. The second-order valence-corrected chi connectivity index (χ2v) is 5.18. The Balaban J connectivity index is 1.75. The Morgan fingerprint density at radius 3 is 1.78 bits per heavy atom. The maximum Gasteiger partial charge on any atom is 0.0219 e. The Morgan fingerprint density at radius 1 is 0.722 bits per heavy atom. The molecule has 1 heteroatoms. The summed E-state index contributed by atoms with van der Waals surface area (Å²) in [5.41, 5.74) is 0. The molecule has 0 N–H and O–H groups in total. The fourth-order valence-corrected chi connectivity index (χ4v) is 2.34. The maximum atomic E-state index is 3.75. The summed E-state index contributed by atoms with van der Waals surface area (Å²) in [4.78, 5) is 0. The highest BCUT2D eigenvalue weighted by Gasteiger charge is 1.93. The molecule has 0 amide bonds. The quantitative estimate of drug-likeness (QED) is 0.336. The van der Waals surface area contributed by atoms with Gasteiger partial charge in [-0.05, 0) is 31.4 Å². The van der Waals surface area contributed by atoms with Gasteiger partial charge in [0.1, 0.15) is 0 Å². The van der Waals surface area contributed by atoms with Gasteiger partial charge in [-0.2, -0.15) is 0 Å². The molecular formula is C17H29N. The topological polar surface area (TPSA) is 4.93 Å². The van der Waals surface area contributed by atoms with Crippen molar-refractivity contribution in [2.75, 3.05) is 0 Å². The molecule has 1 rings (SSSR count). The Hall–Kier alpha value is -0.980. The number of unbranched alkanes of at least 4 members (excludes halogenated alkanes) is 9. The van der Waals surface area contributed by atoms with Crippen molar-refractivity contribution >= 4 is 0 Å². The van der Waals surface area contributed by atoms with Crippen molar-refractivity contribution < 1.29 is 0 Å². The van der Waals surface area contributed by atoms with E-state index in [0.717, 1.165) is 0 Å². The second kappa shape index (κ2) is 11.1. The van der Waals surface area contributed by atoms with Crippen LogP contribution in [0.2, 0.25) is 0 Å². The SMILES string of the molecule is C=CCCCCCCCCCCCn1cccc1. The summed E-state index contributed by atoms with van der Waals surface area (Å²) in [5, 5.41) is 0. The van der Waals surface area contributed by atoms with Gasteiger partial charge in [0.2, 0.25) is 0 Å². The van der Waals surface area contributed by atoms with E-state index < -0.39 is 0 Å². The van der Waals surface area contributed by atoms with Crippen LogP contribution in [0.25, 0.3) is 0 Å². The van der Waals surface area contributed by atoms with Crippen LogP contribution in [0.15, 0.2) is 37.2 Å². The van der Waals surface area contributed by atoms with E-state index in [-0.39, 0.29) is 0 Å². The molecule has 18 heavy (non-hydrogen) atoms. The van der Waals surface area contributed by atoms with E-state index in [2.05, 4.69) is 35.7 Å². The Morgan fingerprint density at radius 2 is 1.22 bits per heavy atom. The molecule has 0 saturated carbocycles. The average Bonchev–Trinajstić information content (AvgIpc) is 2.89. The van der Waals surface area contributed by atoms with E-state index >= 15 is 0 Å². The molecular weight excluding hydrogens is 218 g/mol. The molecule has 0 aromatic carbocycles. The summed E-state index contributed by atoms with van der Waals surface area (Å²) in [6.07, 6.45) is 20.1. The molecule has 0 aliphatic carbocycles. The zero-order chi connectivity index (χ0) is 12.9. The molecule has 0 radical (unpaired) electrons. The minimum atomic E-state index is 1.19. The monoisotopic (exact) mass is 247 g/mol. The first-order valence-corrected chi connectivity index (χ1v) is 7.65. The van der Waals surface area contributed by atoms with E-state index in [9.17, 15) is 0 Å². The first kappa shape index (κ1) is 15.1. The highest BCUT2D eigenvalue weighted by molar-refractivity contribution is 4.89. The lowest BCUT2D eigenvalue weighted by atomic mass is 10.1. The minimum absolute atomic E-state index is 1.19. The van der Waals surface area contributed by atoms with Gasteiger partial charge in [-0.3, -0.25) is 0 Å². The van der Waals surface area contributed by atoms with Crippen LogP contribution in [-0.4, -0.2) is 4.57 Å². The molecule has 0 aliphatic rings. The van der Waals surface area contributed by atoms with Crippen LogP contribution in [0.3, 0.4) is 0 Å². The Labute approximate surface area is 113 Å². The molecule has 0 saturated heterocycles. The fraction of sp³-hybridized carbons (Fsp3) is 0.647. The van der Waals surface area contributed by atoms with Crippen LogP contribution in [0, 0.1) is 0 Å². The van der Waals surface area contributed by atoms with Crippen molar-refractivity contribution in [3.05, 3.63) is 37.2 Å². The summed E-state index contributed by atoms with van der Waals surface area (Å²) >= 11 is 0. The van der Waals surface area contributed by atoms with Gasteiger partial charge >= 0.3 is 0 Å². The van der Waals surface area contributed by atoms with Gasteiger partial charge in [0.05, 0.1) is 0 Å². The number of rotatable bonds is 12. The number of hydrogen-bond donors (Lipinski definition) is 0. The van der Waals surface area contributed by atoms with E-state index in [1.165, 1.54) is 70.8 Å². The summed E-state index contributed by atoms with van der Waals surface area (Å²) in [6, 6.07) is 4.21. The van der Waals surface area contributed by atoms with Crippen molar-refractivity contribution in [1.29, 1.82) is 0 Å². The zero-order valence-corrected chi connectivity index (χ0v) is 11.8. The van der Waals surface area contributed by atoms with Crippen LogP contribution < -0.4 is 0 Å². The number of aromatic nitrogens is 1. The maximum absolute atomic E-state index is 3.75. The summed E-state index contributed by atoms with van der Waals surface area (Å²) < 4.78 is 2.28. The lowest BCUT2D eigenvalue weighted by molar-refractivity contribution is 0.537. The third-order valence-electron chi connectivity index (χ3n) is 3.49. The molecule has 1 nitrogen and oxygen atoms in total. The molecule has 1 aromatic heterocycles. The predicted molar refractivity (Wildman–Crippen MR) is 80.8 cm³/mol. The highest BCUT2D eigenvalue weighted by atomic mass is 14.9. The summed E-state index contributed by atoms with van der Waals surface area (Å²) in [5.74, 6) is 0. The van der Waals surface area contributed by atoms with E-state index in [4.69, 9.17) is 0 Å². The molecule has 0 atom stereocenters. The van der Waals surface area contributed by atoms with Gasteiger partial charge < -0.3 is 4.57 Å². The zero-order valence-electron chi connectivity index (χ0n) is 11.8. The first-order valence-electron chi connectivity index (χ1n) is 7.65. The number of hydrogen-bond acceptors (Lipinski definition) is 0. The van der Waals surface area contributed by atoms with Crippen LogP contribution >= 0.6 is 0 Å². The van der Waals surface area contributed by atoms with E-state index in [1.807, 2.05) is 6.08 Å². The predicted octanol–water partition coefficient (Wildman–Crippen LogP) is 5.58. The fourth-order valence-electron chi connectivity index (χ4n) is 2.34. The number of allylic oxidation sites excluding steroid dienone is 1. The van der Waals surface area contributed by atoms with Crippen LogP contribution in [0.4, 0.5) is 0 Å². The van der Waals surface area contributed by atoms with Gasteiger partial charge in [-0.15, -0.1) is 6.58 Å². The van der Waals surface area contributed by atoms with Crippen molar-refractivity contribution in [3.8, 4) is 0 Å². The smallest absolute Gasteiger partial charge is 0.0219 e. The van der Waals surface area contributed by atoms with Crippen LogP contribution in [0.1, 0.15) is 64.2 Å². The standard InChI is InChI=1S/C17H29N/c1-2-3-4-5-6-7-8-9-10-11-12-15-18-16-13-14-17-18/h2,13-14,16-17H,1,3-12,15H2. The molecule has 0 bridgehead atoms. The van der Waals surface area contributed by atoms with Crippen molar-refractivity contribution in [2.24, 2.45) is 0 Å². The number of aryl methyl sites for hydroxylation is 1. The largest absolute Gasteiger partial charge is 0.354 e. The van der Waals surface area contributed by atoms with E-state index in [0.29, 0.717) is 0 Å². The first-order chi connectivity index (χ1) is 8.93. The third-order valence-corrected chi connectivity index (χ3v) is 3.49. The van der Waals surface area contributed by atoms with Crippen molar-refractivity contribution in [1.82, 2.24) is 4.57 Å². The number of nitrogens with zero attached hydrogens (tertiary/aromatic N) is 1. The molecule has 0 unspecified atom stereocenters. The van der Waals surface area contributed by atoms with Crippen LogP contribution in [-0.2, 0) is 6.54 Å². The van der Waals surface area contributed by atoms with Crippen LogP contribution in [0.5, 0.6) is 0 Å². The van der Waals surface area contributed by atoms with Gasteiger partial charge in [0, 0.05) is 18.9 Å². The summed E-state index contributed by atoms with van der Waals surface area (Å²) in [7, 11) is 0. The molecule has 1 aromatic rings. The van der Waals surface area contributed by atoms with E-state index in [1.54, 1.807) is 0 Å². The minimum Gasteiger partial charge on any atom is -0.354 e. The van der Waals surface area contributed by atoms with Crippen molar-refractivity contribution in [3.63, 3.8) is 0 Å². The molecule has 0 aliphatic heterocycles.